The van der Waals surface area contributed by atoms with E-state index in [9.17, 15) is 14.9 Å². The first-order valence-electron chi connectivity index (χ1n) is 8.58. The van der Waals surface area contributed by atoms with Gasteiger partial charge in [-0.2, -0.15) is 5.10 Å². The van der Waals surface area contributed by atoms with Gasteiger partial charge in [-0.25, -0.2) is 5.43 Å². The molecule has 0 fully saturated rings. The average molecular weight is 415 g/mol. The van der Waals surface area contributed by atoms with E-state index in [1.807, 2.05) is 0 Å². The number of hydrogen-bond acceptors (Lipinski definition) is 7. The Labute approximate surface area is 172 Å². The number of nitrogens with one attached hydrogen (secondary N) is 1. The highest BCUT2D eigenvalue weighted by molar-refractivity contribution is 7.99. The SMILES string of the molecule is C=CCOc1ccc(/C=N/NC(=O)CSCc2ccc([N+](=O)[O-])cc2)cc1OC. The number of nitro benzene ring substituents is 1. The fourth-order valence-corrected chi connectivity index (χ4v) is 3.00. The molecule has 2 rings (SSSR count). The maximum atomic E-state index is 11.9. The second-order valence-electron chi connectivity index (χ2n) is 5.72. The lowest BCUT2D eigenvalue weighted by Crippen LogP contribution is -2.19. The first-order valence-corrected chi connectivity index (χ1v) is 9.73. The number of carbonyl (C=O) groups excluding carboxylic acids is 1. The lowest BCUT2D eigenvalue weighted by atomic mass is 10.2. The van der Waals surface area contributed by atoms with E-state index in [-0.39, 0.29) is 17.3 Å². The zero-order valence-electron chi connectivity index (χ0n) is 15.9. The maximum absolute atomic E-state index is 11.9. The number of hydrazone groups is 1. The molecule has 9 heteroatoms. The minimum absolute atomic E-state index is 0.0442. The van der Waals surface area contributed by atoms with Crippen LogP contribution in [0.2, 0.25) is 0 Å². The normalized spacial score (nSPS) is 10.5. The Bertz CT molecular complexity index is 884. The van der Waals surface area contributed by atoms with Gasteiger partial charge in [-0.15, -0.1) is 11.8 Å². The predicted molar refractivity (Wildman–Crippen MR) is 114 cm³/mol. The molecule has 1 N–H and O–H groups in total. The summed E-state index contributed by atoms with van der Waals surface area (Å²) in [5.41, 5.74) is 4.15. The first kappa shape index (κ1) is 22.0. The minimum atomic E-state index is -0.445. The number of nitrogens with zero attached hydrogens (tertiary/aromatic N) is 2. The molecule has 152 valence electrons. The van der Waals surface area contributed by atoms with E-state index in [2.05, 4.69) is 17.1 Å². The molecule has 0 aliphatic rings. The van der Waals surface area contributed by atoms with E-state index in [0.29, 0.717) is 23.9 Å². The third-order valence-corrected chi connectivity index (χ3v) is 4.60. The van der Waals surface area contributed by atoms with Crippen molar-refractivity contribution < 1.29 is 19.2 Å². The van der Waals surface area contributed by atoms with Crippen LogP contribution in [0.1, 0.15) is 11.1 Å². The van der Waals surface area contributed by atoms with Crippen LogP contribution >= 0.6 is 11.8 Å². The van der Waals surface area contributed by atoms with Crippen LogP contribution in [0.4, 0.5) is 5.69 Å². The van der Waals surface area contributed by atoms with E-state index in [1.165, 1.54) is 30.1 Å². The highest BCUT2D eigenvalue weighted by Gasteiger charge is 2.06. The maximum Gasteiger partial charge on any atom is 0.269 e. The van der Waals surface area contributed by atoms with Crippen LogP contribution in [0.25, 0.3) is 0 Å². The molecule has 0 aliphatic heterocycles. The Hall–Kier alpha value is -3.33. The molecule has 1 amide bonds. The quantitative estimate of drug-likeness (QED) is 0.261. The lowest BCUT2D eigenvalue weighted by Gasteiger charge is -2.09. The number of benzene rings is 2. The summed E-state index contributed by atoms with van der Waals surface area (Å²) < 4.78 is 10.8. The molecular formula is C20H21N3O5S. The van der Waals surface area contributed by atoms with Gasteiger partial charge in [-0.1, -0.05) is 24.8 Å². The van der Waals surface area contributed by atoms with Gasteiger partial charge in [0.1, 0.15) is 6.61 Å². The molecule has 0 aliphatic carbocycles. The van der Waals surface area contributed by atoms with Crippen LogP contribution in [0.5, 0.6) is 11.5 Å². The summed E-state index contributed by atoms with van der Waals surface area (Å²) >= 11 is 1.39. The van der Waals surface area contributed by atoms with Gasteiger partial charge in [0.25, 0.3) is 5.69 Å². The fraction of sp³-hybridized carbons (Fsp3) is 0.200. The fourth-order valence-electron chi connectivity index (χ4n) is 2.22. The molecule has 0 saturated heterocycles. The molecule has 0 bridgehead atoms. The molecule has 0 heterocycles. The second-order valence-corrected chi connectivity index (χ2v) is 6.71. The van der Waals surface area contributed by atoms with E-state index < -0.39 is 4.92 Å². The first-order chi connectivity index (χ1) is 14.0. The van der Waals surface area contributed by atoms with Gasteiger partial charge >= 0.3 is 0 Å². The Morgan fingerprint density at radius 1 is 1.28 bits per heavy atom. The zero-order valence-corrected chi connectivity index (χ0v) is 16.7. The van der Waals surface area contributed by atoms with Crippen molar-refractivity contribution in [3.63, 3.8) is 0 Å². The lowest BCUT2D eigenvalue weighted by molar-refractivity contribution is -0.384. The Balaban J connectivity index is 1.78. The summed E-state index contributed by atoms with van der Waals surface area (Å²) in [6.07, 6.45) is 3.16. The van der Waals surface area contributed by atoms with Crippen molar-refractivity contribution in [1.29, 1.82) is 0 Å². The minimum Gasteiger partial charge on any atom is -0.493 e. The monoisotopic (exact) mass is 415 g/mol. The topological polar surface area (TPSA) is 103 Å². The average Bonchev–Trinajstić information content (AvgIpc) is 2.73. The van der Waals surface area contributed by atoms with Crippen molar-refractivity contribution in [2.24, 2.45) is 5.10 Å². The van der Waals surface area contributed by atoms with Crippen molar-refractivity contribution in [2.45, 2.75) is 5.75 Å². The standard InChI is InChI=1S/C20H21N3O5S/c1-3-10-28-18-9-6-16(11-19(18)27-2)12-21-22-20(24)14-29-13-15-4-7-17(8-5-15)23(25)26/h3-9,11-12H,1,10,13-14H2,2H3,(H,22,24)/b21-12+. The van der Waals surface area contributed by atoms with Gasteiger partial charge in [-0.3, -0.25) is 14.9 Å². The number of carbonyl (C=O) groups is 1. The smallest absolute Gasteiger partial charge is 0.269 e. The van der Waals surface area contributed by atoms with E-state index in [1.54, 1.807) is 43.5 Å². The Morgan fingerprint density at radius 3 is 2.69 bits per heavy atom. The zero-order chi connectivity index (χ0) is 21.1. The number of nitro groups is 1. The molecule has 0 saturated carbocycles. The molecule has 2 aromatic rings. The van der Waals surface area contributed by atoms with Crippen LogP contribution in [0.15, 0.2) is 60.2 Å². The molecule has 0 unspecified atom stereocenters. The van der Waals surface area contributed by atoms with Crippen LogP contribution in [0, 0.1) is 10.1 Å². The molecule has 0 atom stereocenters. The van der Waals surface area contributed by atoms with Crippen LogP contribution < -0.4 is 14.9 Å². The van der Waals surface area contributed by atoms with Crippen molar-refractivity contribution in [2.75, 3.05) is 19.5 Å². The van der Waals surface area contributed by atoms with Gasteiger partial charge in [0.15, 0.2) is 11.5 Å². The highest BCUT2D eigenvalue weighted by Crippen LogP contribution is 2.27. The summed E-state index contributed by atoms with van der Waals surface area (Å²) in [6, 6.07) is 11.5. The molecule has 29 heavy (non-hydrogen) atoms. The number of hydrogen-bond donors (Lipinski definition) is 1. The molecule has 0 spiro atoms. The summed E-state index contributed by atoms with van der Waals surface area (Å²) in [4.78, 5) is 22.1. The van der Waals surface area contributed by atoms with Crippen molar-refractivity contribution >= 4 is 29.6 Å². The summed E-state index contributed by atoms with van der Waals surface area (Å²) in [7, 11) is 1.54. The van der Waals surface area contributed by atoms with E-state index >= 15 is 0 Å². The van der Waals surface area contributed by atoms with Crippen LogP contribution in [0.3, 0.4) is 0 Å². The van der Waals surface area contributed by atoms with Crippen molar-refractivity contribution in [1.82, 2.24) is 5.43 Å². The molecular weight excluding hydrogens is 394 g/mol. The van der Waals surface area contributed by atoms with E-state index in [4.69, 9.17) is 9.47 Å². The largest absolute Gasteiger partial charge is 0.493 e. The number of amides is 1. The number of non-ortho nitro benzene ring substituents is 1. The van der Waals surface area contributed by atoms with Crippen molar-refractivity contribution in [3.8, 4) is 11.5 Å². The van der Waals surface area contributed by atoms with Gasteiger partial charge in [0, 0.05) is 17.9 Å². The van der Waals surface area contributed by atoms with Gasteiger partial charge in [0.2, 0.25) is 5.91 Å². The molecule has 0 radical (unpaired) electrons. The number of ether oxygens (including phenoxy) is 2. The van der Waals surface area contributed by atoms with Gasteiger partial charge in [-0.05, 0) is 29.3 Å². The number of thioether (sulfide) groups is 1. The van der Waals surface area contributed by atoms with E-state index in [0.717, 1.165) is 11.1 Å². The van der Waals surface area contributed by atoms with Crippen LogP contribution in [-0.2, 0) is 10.5 Å². The summed E-state index contributed by atoms with van der Waals surface area (Å²) in [5.74, 6) is 1.69. The second kappa shape index (κ2) is 11.5. The van der Waals surface area contributed by atoms with Crippen LogP contribution in [-0.4, -0.2) is 36.5 Å². The molecule has 2 aromatic carbocycles. The van der Waals surface area contributed by atoms with Gasteiger partial charge < -0.3 is 9.47 Å². The van der Waals surface area contributed by atoms with Gasteiger partial charge in [0.05, 0.1) is 24.0 Å². The number of rotatable bonds is 11. The van der Waals surface area contributed by atoms with Crippen molar-refractivity contribution in [3.05, 3.63) is 76.4 Å². The third kappa shape index (κ3) is 7.30. The highest BCUT2D eigenvalue weighted by atomic mass is 32.2. The molecule has 0 aromatic heterocycles. The summed E-state index contributed by atoms with van der Waals surface area (Å²) in [5, 5.41) is 14.6. The third-order valence-electron chi connectivity index (χ3n) is 3.60. The predicted octanol–water partition coefficient (Wildman–Crippen LogP) is 3.55. The molecule has 8 nitrogen and oxygen atoms in total. The number of methoxy groups -OCH3 is 1. The Morgan fingerprint density at radius 2 is 2.03 bits per heavy atom. The summed E-state index contributed by atoms with van der Waals surface area (Å²) in [6.45, 7) is 3.97. The Kier molecular flexibility index (Phi) is 8.71.